The summed E-state index contributed by atoms with van der Waals surface area (Å²) in [5.41, 5.74) is 2.10. The fraction of sp³-hybridized carbons (Fsp3) is 0.227. The van der Waals surface area contributed by atoms with Gasteiger partial charge in [0.05, 0.1) is 16.9 Å². The molecule has 8 heteroatoms. The van der Waals surface area contributed by atoms with Gasteiger partial charge in [-0.1, -0.05) is 23.7 Å². The van der Waals surface area contributed by atoms with Crippen molar-refractivity contribution in [2.24, 2.45) is 0 Å². The number of fused-ring (bicyclic) bond motifs is 1. The van der Waals surface area contributed by atoms with Gasteiger partial charge in [0.2, 0.25) is 5.91 Å². The van der Waals surface area contributed by atoms with E-state index in [1.54, 1.807) is 53.4 Å². The number of para-hydroxylation sites is 2. The molecule has 2 heterocycles. The molecule has 2 aromatic carbocycles. The minimum absolute atomic E-state index is 0.0211. The van der Waals surface area contributed by atoms with Crippen LogP contribution < -0.4 is 15.0 Å². The van der Waals surface area contributed by atoms with Gasteiger partial charge in [0.25, 0.3) is 5.91 Å². The van der Waals surface area contributed by atoms with Gasteiger partial charge in [-0.15, -0.1) is 0 Å². The summed E-state index contributed by atoms with van der Waals surface area (Å²) >= 11 is 5.97. The number of hydrogen-bond donors (Lipinski definition) is 1. The molecule has 0 radical (unpaired) electrons. The van der Waals surface area contributed by atoms with Crippen LogP contribution in [0.4, 0.5) is 11.4 Å². The molecule has 0 aliphatic carbocycles. The molecule has 0 bridgehead atoms. The van der Waals surface area contributed by atoms with E-state index >= 15 is 0 Å². The summed E-state index contributed by atoms with van der Waals surface area (Å²) in [6.07, 6.45) is 2.91. The molecule has 1 saturated heterocycles. The Morgan fingerprint density at radius 2 is 2.03 bits per heavy atom. The number of benzene rings is 2. The Labute approximate surface area is 178 Å². The van der Waals surface area contributed by atoms with Crippen LogP contribution in [0, 0.1) is 0 Å². The van der Waals surface area contributed by atoms with Gasteiger partial charge in [-0.2, -0.15) is 0 Å². The lowest BCUT2D eigenvalue weighted by Crippen LogP contribution is -2.27. The van der Waals surface area contributed by atoms with Crippen LogP contribution >= 0.6 is 11.6 Å². The van der Waals surface area contributed by atoms with Crippen molar-refractivity contribution in [1.29, 1.82) is 0 Å². The number of nitrogens with zero attached hydrogens (tertiary/aromatic N) is 1. The van der Waals surface area contributed by atoms with E-state index in [1.165, 1.54) is 0 Å². The molecule has 0 spiro atoms. The highest BCUT2D eigenvalue weighted by atomic mass is 35.5. The van der Waals surface area contributed by atoms with E-state index in [2.05, 4.69) is 5.32 Å². The van der Waals surface area contributed by atoms with E-state index in [0.29, 0.717) is 46.2 Å². The smallest absolute Gasteiger partial charge is 0.338 e. The molecular formula is C22H19ClN2O5. The third kappa shape index (κ3) is 4.31. The Kier molecular flexibility index (Phi) is 5.72. The summed E-state index contributed by atoms with van der Waals surface area (Å²) in [6.45, 7) is 0.205. The van der Waals surface area contributed by atoms with Crippen LogP contribution in [0.15, 0.2) is 48.0 Å². The molecule has 2 aliphatic rings. The van der Waals surface area contributed by atoms with E-state index in [-0.39, 0.29) is 12.5 Å². The number of rotatable bonds is 5. The number of carbonyl (C=O) groups excluding carboxylic acids is 3. The molecule has 4 rings (SSSR count). The predicted octanol–water partition coefficient (Wildman–Crippen LogP) is 3.42. The van der Waals surface area contributed by atoms with Crippen molar-refractivity contribution < 1.29 is 23.9 Å². The summed E-state index contributed by atoms with van der Waals surface area (Å²) in [6, 6.07) is 12.2. The van der Waals surface area contributed by atoms with Gasteiger partial charge in [0.15, 0.2) is 6.61 Å². The minimum atomic E-state index is -0.640. The van der Waals surface area contributed by atoms with Crippen molar-refractivity contribution >= 4 is 46.8 Å². The predicted molar refractivity (Wildman–Crippen MR) is 113 cm³/mol. The normalized spacial score (nSPS) is 15.2. The van der Waals surface area contributed by atoms with Gasteiger partial charge in [0, 0.05) is 23.6 Å². The fourth-order valence-corrected chi connectivity index (χ4v) is 3.57. The second-order valence-electron chi connectivity index (χ2n) is 6.93. The lowest BCUT2D eigenvalue weighted by Gasteiger charge is -2.20. The number of nitrogens with one attached hydrogen (secondary N) is 1. The second-order valence-corrected chi connectivity index (χ2v) is 7.37. The van der Waals surface area contributed by atoms with E-state index < -0.39 is 18.5 Å². The Bertz CT molecular complexity index is 1050. The summed E-state index contributed by atoms with van der Waals surface area (Å²) in [7, 11) is 0. The molecular weight excluding hydrogens is 408 g/mol. The van der Waals surface area contributed by atoms with E-state index in [0.717, 1.165) is 6.42 Å². The van der Waals surface area contributed by atoms with Crippen molar-refractivity contribution in [3.63, 3.8) is 0 Å². The average Bonchev–Trinajstić information content (AvgIpc) is 3.17. The molecule has 0 aromatic heterocycles. The highest BCUT2D eigenvalue weighted by molar-refractivity contribution is 6.30. The second kappa shape index (κ2) is 8.59. The lowest BCUT2D eigenvalue weighted by atomic mass is 10.1. The van der Waals surface area contributed by atoms with Gasteiger partial charge < -0.3 is 19.7 Å². The summed E-state index contributed by atoms with van der Waals surface area (Å²) < 4.78 is 10.7. The molecule has 30 heavy (non-hydrogen) atoms. The molecule has 154 valence electrons. The Balaban J connectivity index is 1.38. The highest BCUT2D eigenvalue weighted by Gasteiger charge is 2.24. The Morgan fingerprint density at radius 1 is 1.20 bits per heavy atom. The Morgan fingerprint density at radius 3 is 2.83 bits per heavy atom. The zero-order valence-electron chi connectivity index (χ0n) is 16.0. The highest BCUT2D eigenvalue weighted by Crippen LogP contribution is 2.30. The van der Waals surface area contributed by atoms with Crippen LogP contribution in [-0.4, -0.2) is 37.5 Å². The molecule has 0 atom stereocenters. The lowest BCUT2D eigenvalue weighted by molar-refractivity contribution is -0.143. The maximum absolute atomic E-state index is 12.3. The number of carbonyl (C=O) groups is 3. The van der Waals surface area contributed by atoms with Crippen LogP contribution in [0.1, 0.15) is 18.4 Å². The van der Waals surface area contributed by atoms with Gasteiger partial charge >= 0.3 is 5.97 Å². The molecule has 1 fully saturated rings. The molecule has 7 nitrogen and oxygen atoms in total. The maximum Gasteiger partial charge on any atom is 0.338 e. The van der Waals surface area contributed by atoms with Gasteiger partial charge in [-0.05, 0) is 42.8 Å². The zero-order valence-corrected chi connectivity index (χ0v) is 16.8. The van der Waals surface area contributed by atoms with Crippen LogP contribution in [0.25, 0.3) is 6.08 Å². The van der Waals surface area contributed by atoms with E-state index in [9.17, 15) is 14.4 Å². The van der Waals surface area contributed by atoms with Crippen molar-refractivity contribution in [1.82, 2.24) is 0 Å². The van der Waals surface area contributed by atoms with Gasteiger partial charge in [-0.25, -0.2) is 4.79 Å². The number of anilines is 2. The fourth-order valence-electron chi connectivity index (χ4n) is 3.39. The van der Waals surface area contributed by atoms with Crippen molar-refractivity contribution in [2.45, 2.75) is 12.8 Å². The number of hydrogen-bond acceptors (Lipinski definition) is 5. The minimum Gasteiger partial charge on any atom is -0.488 e. The first kappa shape index (κ1) is 20.0. The SMILES string of the molecule is O=C(COC(=O)C1=Cc2cc(Cl)ccc2OC1)Nc1ccccc1N1CCCC1=O. The van der Waals surface area contributed by atoms with Crippen LogP contribution in [0.2, 0.25) is 5.02 Å². The number of esters is 1. The summed E-state index contributed by atoms with van der Waals surface area (Å²) in [5, 5.41) is 3.24. The molecule has 0 unspecified atom stereocenters. The van der Waals surface area contributed by atoms with Crippen LogP contribution in [-0.2, 0) is 19.1 Å². The average molecular weight is 427 g/mol. The van der Waals surface area contributed by atoms with Crippen LogP contribution in [0.3, 0.4) is 0 Å². The van der Waals surface area contributed by atoms with E-state index in [4.69, 9.17) is 21.1 Å². The van der Waals surface area contributed by atoms with Gasteiger partial charge in [0.1, 0.15) is 12.4 Å². The summed E-state index contributed by atoms with van der Waals surface area (Å²) in [5.74, 6) is -0.489. The van der Waals surface area contributed by atoms with Crippen LogP contribution in [0.5, 0.6) is 5.75 Å². The number of amides is 2. The van der Waals surface area contributed by atoms with Crippen molar-refractivity contribution in [3.05, 3.63) is 58.6 Å². The quantitative estimate of drug-likeness (QED) is 0.740. The van der Waals surface area contributed by atoms with Crippen molar-refractivity contribution in [2.75, 3.05) is 30.0 Å². The maximum atomic E-state index is 12.3. The first-order valence-electron chi connectivity index (χ1n) is 9.50. The first-order chi connectivity index (χ1) is 14.5. The zero-order chi connectivity index (χ0) is 21.1. The largest absolute Gasteiger partial charge is 0.488 e. The standard InChI is InChI=1S/C22H19ClN2O5/c23-16-7-8-19-14(11-16)10-15(12-29-19)22(28)30-13-20(26)24-17-4-1-2-5-18(17)25-9-3-6-21(25)27/h1-2,4-5,7-8,10-11H,3,6,9,12-13H2,(H,24,26). The topological polar surface area (TPSA) is 84.9 Å². The molecule has 2 amide bonds. The van der Waals surface area contributed by atoms with Crippen molar-refractivity contribution in [3.8, 4) is 5.75 Å². The summed E-state index contributed by atoms with van der Waals surface area (Å²) in [4.78, 5) is 38.3. The first-order valence-corrected chi connectivity index (χ1v) is 9.88. The number of halogens is 1. The third-order valence-corrected chi connectivity index (χ3v) is 5.06. The van der Waals surface area contributed by atoms with Gasteiger partial charge in [-0.3, -0.25) is 9.59 Å². The molecule has 2 aromatic rings. The molecule has 2 aliphatic heterocycles. The third-order valence-electron chi connectivity index (χ3n) is 4.82. The number of ether oxygens (including phenoxy) is 2. The molecule has 1 N–H and O–H groups in total. The molecule has 0 saturated carbocycles. The Hall–Kier alpha value is -3.32. The monoisotopic (exact) mass is 426 g/mol. The van der Waals surface area contributed by atoms with E-state index in [1.807, 2.05) is 0 Å².